The van der Waals surface area contributed by atoms with Gasteiger partial charge in [-0.25, -0.2) is 4.98 Å². The maximum Gasteiger partial charge on any atom is 0.213 e. The molecule has 0 N–H and O–H groups in total. The molecule has 0 spiro atoms. The van der Waals surface area contributed by atoms with Crippen molar-refractivity contribution in [2.24, 2.45) is 0 Å². The lowest BCUT2D eigenvalue weighted by atomic mass is 10.3. The van der Waals surface area contributed by atoms with E-state index in [0.29, 0.717) is 12.5 Å². The molecular formula is C12H18BrN3O. The van der Waals surface area contributed by atoms with Gasteiger partial charge in [-0.05, 0) is 29.0 Å². The van der Waals surface area contributed by atoms with E-state index in [1.165, 1.54) is 0 Å². The van der Waals surface area contributed by atoms with Crippen molar-refractivity contribution in [1.82, 2.24) is 14.8 Å². The zero-order valence-electron chi connectivity index (χ0n) is 10.1. The third-order valence-electron chi connectivity index (χ3n) is 2.95. The largest absolute Gasteiger partial charge is 0.476 e. The molecule has 17 heavy (non-hydrogen) atoms. The van der Waals surface area contributed by atoms with Gasteiger partial charge >= 0.3 is 0 Å². The number of pyridine rings is 1. The first-order chi connectivity index (χ1) is 8.24. The zero-order valence-corrected chi connectivity index (χ0v) is 11.7. The molecule has 0 bridgehead atoms. The molecule has 1 saturated heterocycles. The van der Waals surface area contributed by atoms with E-state index in [9.17, 15) is 0 Å². The molecule has 2 heterocycles. The van der Waals surface area contributed by atoms with Gasteiger partial charge in [0.1, 0.15) is 6.61 Å². The Kier molecular flexibility index (Phi) is 4.76. The lowest BCUT2D eigenvalue weighted by Crippen LogP contribution is -2.45. The molecule has 0 saturated carbocycles. The molecule has 0 radical (unpaired) electrons. The van der Waals surface area contributed by atoms with Crippen LogP contribution in [0.5, 0.6) is 5.88 Å². The van der Waals surface area contributed by atoms with Crippen molar-refractivity contribution >= 4 is 15.9 Å². The second-order valence-corrected chi connectivity index (χ2v) is 5.22. The normalized spacial score (nSPS) is 18.2. The number of rotatable bonds is 4. The average molecular weight is 300 g/mol. The quantitative estimate of drug-likeness (QED) is 0.842. The van der Waals surface area contributed by atoms with Crippen LogP contribution in [0, 0.1) is 0 Å². The van der Waals surface area contributed by atoms with Crippen LogP contribution in [0.4, 0.5) is 0 Å². The van der Waals surface area contributed by atoms with E-state index >= 15 is 0 Å². The summed E-state index contributed by atoms with van der Waals surface area (Å²) in [7, 11) is 2.17. The summed E-state index contributed by atoms with van der Waals surface area (Å²) in [5.74, 6) is 0.697. The second kappa shape index (κ2) is 6.33. The van der Waals surface area contributed by atoms with Crippen molar-refractivity contribution in [3.05, 3.63) is 22.8 Å². The Morgan fingerprint density at radius 1 is 1.29 bits per heavy atom. The third-order valence-corrected chi connectivity index (χ3v) is 3.42. The van der Waals surface area contributed by atoms with Crippen molar-refractivity contribution in [3.63, 3.8) is 0 Å². The van der Waals surface area contributed by atoms with Crippen LogP contribution in [-0.2, 0) is 0 Å². The summed E-state index contributed by atoms with van der Waals surface area (Å²) in [6.45, 7) is 6.25. The average Bonchev–Trinajstić information content (AvgIpc) is 2.34. The molecule has 0 aliphatic carbocycles. The maximum atomic E-state index is 5.60. The van der Waals surface area contributed by atoms with Gasteiger partial charge < -0.3 is 9.64 Å². The standard InChI is InChI=1S/C12H18BrN3O/c1-15-4-6-16(7-5-15)8-9-17-12-3-2-11(13)10-14-12/h2-3,10H,4-9H2,1H3. The van der Waals surface area contributed by atoms with E-state index in [1.54, 1.807) is 6.20 Å². The minimum atomic E-state index is 0.697. The van der Waals surface area contributed by atoms with Gasteiger partial charge in [0.15, 0.2) is 0 Å². The second-order valence-electron chi connectivity index (χ2n) is 4.31. The van der Waals surface area contributed by atoms with Crippen LogP contribution in [0.25, 0.3) is 0 Å². The molecule has 0 aromatic carbocycles. The maximum absolute atomic E-state index is 5.60. The molecule has 0 amide bonds. The molecule has 1 aliphatic heterocycles. The number of aromatic nitrogens is 1. The van der Waals surface area contributed by atoms with E-state index in [4.69, 9.17) is 4.74 Å². The molecule has 4 nitrogen and oxygen atoms in total. The molecule has 94 valence electrons. The smallest absolute Gasteiger partial charge is 0.213 e. The Morgan fingerprint density at radius 2 is 2.06 bits per heavy atom. The molecule has 5 heteroatoms. The van der Waals surface area contributed by atoms with Crippen molar-refractivity contribution in [1.29, 1.82) is 0 Å². The molecule has 1 aromatic rings. The Bertz CT molecular complexity index is 336. The van der Waals surface area contributed by atoms with Gasteiger partial charge in [-0.3, -0.25) is 4.90 Å². The lowest BCUT2D eigenvalue weighted by Gasteiger charge is -2.32. The van der Waals surface area contributed by atoms with Crippen molar-refractivity contribution in [2.45, 2.75) is 0 Å². The highest BCUT2D eigenvalue weighted by Gasteiger charge is 2.13. The van der Waals surface area contributed by atoms with Crippen molar-refractivity contribution in [3.8, 4) is 5.88 Å². The minimum Gasteiger partial charge on any atom is -0.476 e. The van der Waals surface area contributed by atoms with Crippen LogP contribution in [0.3, 0.4) is 0 Å². The first kappa shape index (κ1) is 12.8. The predicted molar refractivity (Wildman–Crippen MR) is 71.4 cm³/mol. The Balaban J connectivity index is 1.67. The highest BCUT2D eigenvalue weighted by atomic mass is 79.9. The summed E-state index contributed by atoms with van der Waals surface area (Å²) in [5.41, 5.74) is 0. The molecule has 1 fully saturated rings. The highest BCUT2D eigenvalue weighted by molar-refractivity contribution is 9.10. The van der Waals surface area contributed by atoms with E-state index in [-0.39, 0.29) is 0 Å². The zero-order chi connectivity index (χ0) is 12.1. The summed E-state index contributed by atoms with van der Waals surface area (Å²) in [6.07, 6.45) is 1.76. The van der Waals surface area contributed by atoms with Crippen LogP contribution in [0.2, 0.25) is 0 Å². The Hall–Kier alpha value is -0.650. The van der Waals surface area contributed by atoms with Gasteiger partial charge in [0.2, 0.25) is 5.88 Å². The number of piperazine rings is 1. The number of nitrogens with zero attached hydrogens (tertiary/aromatic N) is 3. The summed E-state index contributed by atoms with van der Waals surface area (Å²) in [5, 5.41) is 0. The predicted octanol–water partition coefficient (Wildman–Crippen LogP) is 1.47. The minimum absolute atomic E-state index is 0.697. The van der Waals surface area contributed by atoms with E-state index in [1.807, 2.05) is 12.1 Å². The molecule has 1 aromatic heterocycles. The fraction of sp³-hybridized carbons (Fsp3) is 0.583. The summed E-state index contributed by atoms with van der Waals surface area (Å²) in [6, 6.07) is 3.83. The molecule has 0 unspecified atom stereocenters. The fourth-order valence-corrected chi connectivity index (χ4v) is 2.03. The van der Waals surface area contributed by atoms with Crippen LogP contribution in [0.1, 0.15) is 0 Å². The number of ether oxygens (including phenoxy) is 1. The first-order valence-corrected chi connectivity index (χ1v) is 6.68. The van der Waals surface area contributed by atoms with Crippen molar-refractivity contribution in [2.75, 3.05) is 46.4 Å². The van der Waals surface area contributed by atoms with Crippen molar-refractivity contribution < 1.29 is 4.74 Å². The molecule has 0 atom stereocenters. The summed E-state index contributed by atoms with van der Waals surface area (Å²) < 4.78 is 6.58. The van der Waals surface area contributed by atoms with Gasteiger partial charge in [-0.1, -0.05) is 0 Å². The molecule has 2 rings (SSSR count). The van der Waals surface area contributed by atoms with Crippen LogP contribution in [0.15, 0.2) is 22.8 Å². The van der Waals surface area contributed by atoms with Crippen LogP contribution >= 0.6 is 15.9 Å². The lowest BCUT2D eigenvalue weighted by molar-refractivity contribution is 0.132. The highest BCUT2D eigenvalue weighted by Crippen LogP contribution is 2.12. The monoisotopic (exact) mass is 299 g/mol. The Morgan fingerprint density at radius 3 is 2.71 bits per heavy atom. The number of hydrogen-bond acceptors (Lipinski definition) is 4. The summed E-state index contributed by atoms with van der Waals surface area (Å²) >= 11 is 3.35. The third kappa shape index (κ3) is 4.26. The SMILES string of the molecule is CN1CCN(CCOc2ccc(Br)cn2)CC1. The van der Waals surface area contributed by atoms with Crippen LogP contribution < -0.4 is 4.74 Å². The van der Waals surface area contributed by atoms with Gasteiger partial charge in [-0.2, -0.15) is 0 Å². The number of likely N-dealkylation sites (N-methyl/N-ethyl adjacent to an activating group) is 1. The summed E-state index contributed by atoms with van der Waals surface area (Å²) in [4.78, 5) is 8.96. The first-order valence-electron chi connectivity index (χ1n) is 5.89. The number of hydrogen-bond donors (Lipinski definition) is 0. The van der Waals surface area contributed by atoms with Gasteiger partial charge in [-0.15, -0.1) is 0 Å². The van der Waals surface area contributed by atoms with Gasteiger partial charge in [0, 0.05) is 49.5 Å². The van der Waals surface area contributed by atoms with E-state index in [0.717, 1.165) is 37.2 Å². The van der Waals surface area contributed by atoms with E-state index < -0.39 is 0 Å². The van der Waals surface area contributed by atoms with Crippen LogP contribution in [-0.4, -0.2) is 61.2 Å². The Labute approximate surface area is 111 Å². The number of halogens is 1. The fourth-order valence-electron chi connectivity index (χ4n) is 1.80. The molecule has 1 aliphatic rings. The topological polar surface area (TPSA) is 28.6 Å². The van der Waals surface area contributed by atoms with Gasteiger partial charge in [0.05, 0.1) is 0 Å². The molecular weight excluding hydrogens is 282 g/mol. The van der Waals surface area contributed by atoms with E-state index in [2.05, 4.69) is 37.8 Å². The van der Waals surface area contributed by atoms with Gasteiger partial charge in [0.25, 0.3) is 0 Å².